The van der Waals surface area contributed by atoms with E-state index >= 15 is 0 Å². The van der Waals surface area contributed by atoms with E-state index in [1.165, 1.54) is 27.6 Å². The number of thiophene rings is 1. The van der Waals surface area contributed by atoms with E-state index < -0.39 is 0 Å². The van der Waals surface area contributed by atoms with Crippen molar-refractivity contribution >= 4 is 27.5 Å². The molecular weight excluding hydrogens is 256 g/mol. The first-order valence-electron chi connectivity index (χ1n) is 6.69. The third-order valence-electron chi connectivity index (χ3n) is 3.16. The molecule has 1 heterocycles. The van der Waals surface area contributed by atoms with E-state index in [9.17, 15) is 4.79 Å². The van der Waals surface area contributed by atoms with Gasteiger partial charge >= 0.3 is 6.03 Å². The molecule has 0 unspecified atom stereocenters. The number of carbonyl (C=O) groups excluding carboxylic acids is 1. The van der Waals surface area contributed by atoms with Gasteiger partial charge in [0.1, 0.15) is 0 Å². The van der Waals surface area contributed by atoms with Gasteiger partial charge in [-0.1, -0.05) is 25.5 Å². The Morgan fingerprint density at radius 1 is 1.32 bits per heavy atom. The molecule has 0 spiro atoms. The lowest BCUT2D eigenvalue weighted by Crippen LogP contribution is -2.33. The Morgan fingerprint density at radius 2 is 2.16 bits per heavy atom. The molecule has 19 heavy (non-hydrogen) atoms. The van der Waals surface area contributed by atoms with Crippen molar-refractivity contribution in [1.29, 1.82) is 0 Å². The standard InChI is InChI=1S/C15H20N2OS/c1-3-4-11-5-6-14-13(9-11)12(10-19-14)7-8-17-15(18)16-2/h5-6,9-10H,3-4,7-8H2,1-2H3,(H2,16,17,18). The molecule has 0 atom stereocenters. The van der Waals surface area contributed by atoms with Crippen LogP contribution in [0.25, 0.3) is 10.1 Å². The first-order valence-corrected chi connectivity index (χ1v) is 7.57. The lowest BCUT2D eigenvalue weighted by molar-refractivity contribution is 0.243. The zero-order valence-electron chi connectivity index (χ0n) is 11.5. The van der Waals surface area contributed by atoms with Crippen LogP contribution in [-0.4, -0.2) is 19.6 Å². The number of hydrogen-bond donors (Lipinski definition) is 2. The van der Waals surface area contributed by atoms with Gasteiger partial charge in [-0.25, -0.2) is 4.79 Å². The predicted molar refractivity (Wildman–Crippen MR) is 82.0 cm³/mol. The van der Waals surface area contributed by atoms with Gasteiger partial charge in [0.05, 0.1) is 0 Å². The number of benzene rings is 1. The summed E-state index contributed by atoms with van der Waals surface area (Å²) in [6, 6.07) is 6.60. The number of rotatable bonds is 5. The fourth-order valence-electron chi connectivity index (χ4n) is 2.17. The summed E-state index contributed by atoms with van der Waals surface area (Å²) in [5.41, 5.74) is 2.73. The highest BCUT2D eigenvalue weighted by atomic mass is 32.1. The minimum absolute atomic E-state index is 0.119. The lowest BCUT2D eigenvalue weighted by atomic mass is 10.0. The summed E-state index contributed by atoms with van der Waals surface area (Å²) >= 11 is 1.78. The highest BCUT2D eigenvalue weighted by molar-refractivity contribution is 7.17. The average molecular weight is 276 g/mol. The van der Waals surface area contributed by atoms with Crippen LogP contribution in [0.15, 0.2) is 23.6 Å². The molecule has 0 fully saturated rings. The Balaban J connectivity index is 2.09. The second kappa shape index (κ2) is 6.57. The van der Waals surface area contributed by atoms with E-state index in [-0.39, 0.29) is 6.03 Å². The number of amides is 2. The second-order valence-corrected chi connectivity index (χ2v) is 5.51. The number of fused-ring (bicyclic) bond motifs is 1. The molecular formula is C15H20N2OS. The van der Waals surface area contributed by atoms with Crippen LogP contribution in [0.1, 0.15) is 24.5 Å². The van der Waals surface area contributed by atoms with Crippen LogP contribution in [0.2, 0.25) is 0 Å². The maximum atomic E-state index is 11.1. The molecule has 0 aliphatic carbocycles. The smallest absolute Gasteiger partial charge is 0.314 e. The summed E-state index contributed by atoms with van der Waals surface area (Å²) in [5, 5.41) is 8.93. The maximum Gasteiger partial charge on any atom is 0.314 e. The molecule has 0 aliphatic rings. The topological polar surface area (TPSA) is 41.1 Å². The van der Waals surface area contributed by atoms with Crippen molar-refractivity contribution in [2.45, 2.75) is 26.2 Å². The Bertz CT molecular complexity index is 562. The fraction of sp³-hybridized carbons (Fsp3) is 0.400. The fourth-order valence-corrected chi connectivity index (χ4v) is 3.14. The van der Waals surface area contributed by atoms with Crippen molar-refractivity contribution in [2.75, 3.05) is 13.6 Å². The monoisotopic (exact) mass is 276 g/mol. The van der Waals surface area contributed by atoms with Crippen LogP contribution in [0.3, 0.4) is 0 Å². The van der Waals surface area contributed by atoms with Crippen molar-refractivity contribution in [1.82, 2.24) is 10.6 Å². The third kappa shape index (κ3) is 3.47. The van der Waals surface area contributed by atoms with Crippen molar-refractivity contribution in [3.05, 3.63) is 34.7 Å². The van der Waals surface area contributed by atoms with Crippen LogP contribution in [0.4, 0.5) is 4.79 Å². The molecule has 0 saturated carbocycles. The summed E-state index contributed by atoms with van der Waals surface area (Å²) in [4.78, 5) is 11.1. The minimum Gasteiger partial charge on any atom is -0.341 e. The molecule has 2 amide bonds. The molecule has 3 nitrogen and oxygen atoms in total. The zero-order valence-corrected chi connectivity index (χ0v) is 12.3. The minimum atomic E-state index is -0.119. The number of aryl methyl sites for hydroxylation is 1. The predicted octanol–water partition coefficient (Wildman–Crippen LogP) is 3.33. The Morgan fingerprint density at radius 3 is 2.89 bits per heavy atom. The SMILES string of the molecule is CCCc1ccc2scc(CCNC(=O)NC)c2c1. The number of hydrogen-bond acceptors (Lipinski definition) is 2. The molecule has 0 saturated heterocycles. The van der Waals surface area contributed by atoms with Crippen LogP contribution in [0.5, 0.6) is 0 Å². The second-order valence-electron chi connectivity index (χ2n) is 4.60. The molecule has 2 rings (SSSR count). The molecule has 1 aromatic heterocycles. The van der Waals surface area contributed by atoms with Gasteiger partial charge in [0, 0.05) is 18.3 Å². The first-order chi connectivity index (χ1) is 9.24. The van der Waals surface area contributed by atoms with E-state index in [1.54, 1.807) is 18.4 Å². The molecule has 0 bridgehead atoms. The molecule has 2 aromatic rings. The summed E-state index contributed by atoms with van der Waals surface area (Å²) < 4.78 is 1.33. The molecule has 1 aromatic carbocycles. The Kier molecular flexibility index (Phi) is 4.80. The van der Waals surface area contributed by atoms with Crippen molar-refractivity contribution in [2.24, 2.45) is 0 Å². The van der Waals surface area contributed by atoms with E-state index in [4.69, 9.17) is 0 Å². The molecule has 102 valence electrons. The van der Waals surface area contributed by atoms with Gasteiger partial charge in [0.2, 0.25) is 0 Å². The van der Waals surface area contributed by atoms with Gasteiger partial charge in [-0.15, -0.1) is 11.3 Å². The first kappa shape index (κ1) is 13.9. The Labute approximate surface area is 118 Å². The van der Waals surface area contributed by atoms with Crippen LogP contribution in [0, 0.1) is 0 Å². The number of urea groups is 1. The number of carbonyl (C=O) groups is 1. The van der Waals surface area contributed by atoms with Gasteiger partial charge in [-0.05, 0) is 40.8 Å². The van der Waals surface area contributed by atoms with Gasteiger partial charge < -0.3 is 10.6 Å². The Hall–Kier alpha value is -1.55. The highest BCUT2D eigenvalue weighted by Gasteiger charge is 2.05. The number of nitrogens with one attached hydrogen (secondary N) is 2. The summed E-state index contributed by atoms with van der Waals surface area (Å²) in [7, 11) is 1.63. The maximum absolute atomic E-state index is 11.1. The van der Waals surface area contributed by atoms with Gasteiger partial charge in [-0.2, -0.15) is 0 Å². The molecule has 4 heteroatoms. The summed E-state index contributed by atoms with van der Waals surface area (Å²) in [6.07, 6.45) is 3.17. The van der Waals surface area contributed by atoms with Crippen molar-refractivity contribution in [3.63, 3.8) is 0 Å². The van der Waals surface area contributed by atoms with Crippen LogP contribution in [-0.2, 0) is 12.8 Å². The van der Waals surface area contributed by atoms with Gasteiger partial charge in [-0.3, -0.25) is 0 Å². The molecule has 0 aliphatic heterocycles. The van der Waals surface area contributed by atoms with Crippen LogP contribution < -0.4 is 10.6 Å². The van der Waals surface area contributed by atoms with Crippen molar-refractivity contribution < 1.29 is 4.79 Å². The zero-order chi connectivity index (χ0) is 13.7. The molecule has 0 radical (unpaired) electrons. The van der Waals surface area contributed by atoms with Gasteiger partial charge in [0.25, 0.3) is 0 Å². The largest absolute Gasteiger partial charge is 0.341 e. The average Bonchev–Trinajstić information content (AvgIpc) is 2.82. The quantitative estimate of drug-likeness (QED) is 0.864. The van der Waals surface area contributed by atoms with Crippen LogP contribution >= 0.6 is 11.3 Å². The summed E-state index contributed by atoms with van der Waals surface area (Å²) in [5.74, 6) is 0. The van der Waals surface area contributed by atoms with E-state index in [1.807, 2.05) is 0 Å². The van der Waals surface area contributed by atoms with Gasteiger partial charge in [0.15, 0.2) is 0 Å². The molecule has 2 N–H and O–H groups in total. The highest BCUT2D eigenvalue weighted by Crippen LogP contribution is 2.27. The normalized spacial score (nSPS) is 10.6. The summed E-state index contributed by atoms with van der Waals surface area (Å²) in [6.45, 7) is 2.87. The van der Waals surface area contributed by atoms with E-state index in [0.29, 0.717) is 6.54 Å². The third-order valence-corrected chi connectivity index (χ3v) is 4.18. The van der Waals surface area contributed by atoms with E-state index in [2.05, 4.69) is 41.1 Å². The van der Waals surface area contributed by atoms with E-state index in [0.717, 1.165) is 12.8 Å². The van der Waals surface area contributed by atoms with Crippen molar-refractivity contribution in [3.8, 4) is 0 Å². The lowest BCUT2D eigenvalue weighted by Gasteiger charge is -2.04.